The normalized spacial score (nSPS) is 12.0. The Balaban J connectivity index is 1.52. The van der Waals surface area contributed by atoms with E-state index < -0.39 is 15.5 Å². The van der Waals surface area contributed by atoms with Crippen molar-refractivity contribution in [1.82, 2.24) is 0 Å². The van der Waals surface area contributed by atoms with E-state index in [0.717, 1.165) is 16.7 Å². The zero-order valence-corrected chi connectivity index (χ0v) is 18.8. The summed E-state index contributed by atoms with van der Waals surface area (Å²) in [6, 6.07) is 18.7. The van der Waals surface area contributed by atoms with Gasteiger partial charge < -0.3 is 4.74 Å². The fourth-order valence-corrected chi connectivity index (χ4v) is 3.98. The molecule has 3 rings (SSSR count). The van der Waals surface area contributed by atoms with Gasteiger partial charge in [-0.15, -0.1) is 0 Å². The van der Waals surface area contributed by atoms with Crippen LogP contribution in [-0.2, 0) is 27.8 Å². The summed E-state index contributed by atoms with van der Waals surface area (Å²) in [6.45, 7) is 0.651. The van der Waals surface area contributed by atoms with Crippen LogP contribution in [0.4, 0.5) is 18.9 Å². The highest BCUT2D eigenvalue weighted by atomic mass is 35.5. The minimum atomic E-state index is -5.45. The van der Waals surface area contributed by atoms with E-state index in [1.807, 2.05) is 36.4 Å². The molecule has 0 fully saturated rings. The molecule has 170 valence electrons. The number of alkyl halides is 3. The molecule has 0 spiro atoms. The summed E-state index contributed by atoms with van der Waals surface area (Å²) in [5.41, 5.74) is -2.10. The van der Waals surface area contributed by atoms with Crippen molar-refractivity contribution in [2.45, 2.75) is 18.5 Å². The Morgan fingerprint density at radius 2 is 1.50 bits per heavy atom. The van der Waals surface area contributed by atoms with Gasteiger partial charge in [-0.2, -0.15) is 21.6 Å². The van der Waals surface area contributed by atoms with Gasteiger partial charge in [0.1, 0.15) is 0 Å². The minimum Gasteiger partial charge on any atom is -0.376 e. The molecule has 0 aliphatic carbocycles. The van der Waals surface area contributed by atoms with Gasteiger partial charge in [-0.05, 0) is 59.0 Å². The molecular weight excluding hydrogens is 486 g/mol. The Bertz CT molecular complexity index is 1160. The van der Waals surface area contributed by atoms with Crippen molar-refractivity contribution in [3.05, 3.63) is 87.9 Å². The standard InChI is InChI=1S/C22H18Cl2F3NO3S/c23-19-11-18(12-20(24)13-19)17-6-4-16(5-7-17)14-31-9-8-15-2-1-3-21(10-15)28-32(29,30)22(25,26)27/h1-7,10-13,28H,8-9,14H2. The van der Waals surface area contributed by atoms with Crippen LogP contribution in [0.25, 0.3) is 11.1 Å². The number of sulfonamides is 1. The summed E-state index contributed by atoms with van der Waals surface area (Å²) in [6.07, 6.45) is 0.403. The fraction of sp³-hybridized carbons (Fsp3) is 0.182. The van der Waals surface area contributed by atoms with Gasteiger partial charge in [0.2, 0.25) is 0 Å². The second kappa shape index (κ2) is 10.1. The van der Waals surface area contributed by atoms with Crippen molar-refractivity contribution in [3.63, 3.8) is 0 Å². The van der Waals surface area contributed by atoms with Gasteiger partial charge in [0.15, 0.2) is 0 Å². The first-order valence-corrected chi connectivity index (χ1v) is 11.6. The van der Waals surface area contributed by atoms with Crippen LogP contribution in [-0.4, -0.2) is 20.5 Å². The molecule has 0 aromatic heterocycles. The SMILES string of the molecule is O=S(=O)(Nc1cccc(CCOCc2ccc(-c3cc(Cl)cc(Cl)c3)cc2)c1)C(F)(F)F. The highest BCUT2D eigenvalue weighted by Crippen LogP contribution is 2.28. The van der Waals surface area contributed by atoms with Crippen LogP contribution in [0.2, 0.25) is 10.0 Å². The Kier molecular flexibility index (Phi) is 7.71. The summed E-state index contributed by atoms with van der Waals surface area (Å²) in [4.78, 5) is 0. The van der Waals surface area contributed by atoms with E-state index >= 15 is 0 Å². The number of ether oxygens (including phenoxy) is 1. The lowest BCUT2D eigenvalue weighted by Gasteiger charge is -2.11. The maximum atomic E-state index is 12.5. The van der Waals surface area contributed by atoms with E-state index in [-0.39, 0.29) is 5.69 Å². The van der Waals surface area contributed by atoms with Gasteiger partial charge >= 0.3 is 15.5 Å². The molecule has 0 amide bonds. The van der Waals surface area contributed by atoms with E-state index in [1.54, 1.807) is 12.1 Å². The number of rotatable bonds is 8. The lowest BCUT2D eigenvalue weighted by atomic mass is 10.0. The van der Waals surface area contributed by atoms with Gasteiger partial charge in [-0.25, -0.2) is 0 Å². The van der Waals surface area contributed by atoms with Crippen molar-refractivity contribution < 1.29 is 26.3 Å². The number of hydrogen-bond acceptors (Lipinski definition) is 3. The molecule has 10 heteroatoms. The summed E-state index contributed by atoms with van der Waals surface area (Å²) in [7, 11) is -5.45. The Morgan fingerprint density at radius 1 is 0.844 bits per heavy atom. The zero-order valence-electron chi connectivity index (χ0n) is 16.5. The van der Waals surface area contributed by atoms with Crippen LogP contribution < -0.4 is 4.72 Å². The second-order valence-corrected chi connectivity index (χ2v) is 9.46. The molecule has 0 unspecified atom stereocenters. The third-order valence-electron chi connectivity index (χ3n) is 4.44. The average molecular weight is 504 g/mol. The first kappa shape index (κ1) is 24.4. The highest BCUT2D eigenvalue weighted by molar-refractivity contribution is 7.93. The van der Waals surface area contributed by atoms with Crippen LogP contribution in [0, 0.1) is 0 Å². The molecule has 0 aliphatic rings. The lowest BCUT2D eigenvalue weighted by molar-refractivity contribution is -0.0429. The first-order valence-electron chi connectivity index (χ1n) is 9.35. The highest BCUT2D eigenvalue weighted by Gasteiger charge is 2.46. The molecule has 32 heavy (non-hydrogen) atoms. The maximum Gasteiger partial charge on any atom is 0.516 e. The maximum absolute atomic E-state index is 12.5. The van der Waals surface area contributed by atoms with Crippen molar-refractivity contribution in [3.8, 4) is 11.1 Å². The molecule has 0 radical (unpaired) electrons. The second-order valence-electron chi connectivity index (χ2n) is 6.91. The topological polar surface area (TPSA) is 55.4 Å². The predicted octanol–water partition coefficient (Wildman–Crippen LogP) is 6.68. The zero-order chi connectivity index (χ0) is 23.4. The average Bonchev–Trinajstić information content (AvgIpc) is 2.70. The molecule has 0 saturated heterocycles. The molecule has 3 aromatic carbocycles. The van der Waals surface area contributed by atoms with Crippen LogP contribution in [0.15, 0.2) is 66.7 Å². The summed E-state index contributed by atoms with van der Waals surface area (Å²) < 4.78 is 67.1. The smallest absolute Gasteiger partial charge is 0.376 e. The molecule has 0 saturated carbocycles. The third-order valence-corrected chi connectivity index (χ3v) is 5.99. The molecule has 3 aromatic rings. The van der Waals surface area contributed by atoms with Gasteiger partial charge in [0, 0.05) is 15.7 Å². The molecule has 0 bridgehead atoms. The van der Waals surface area contributed by atoms with Crippen molar-refractivity contribution in [2.75, 3.05) is 11.3 Å². The van der Waals surface area contributed by atoms with E-state index in [1.165, 1.54) is 22.9 Å². The number of halogens is 5. The van der Waals surface area contributed by atoms with E-state index in [9.17, 15) is 21.6 Å². The van der Waals surface area contributed by atoms with Gasteiger partial charge in [-0.1, -0.05) is 59.6 Å². The van der Waals surface area contributed by atoms with Crippen LogP contribution in [0.3, 0.4) is 0 Å². The number of hydrogen-bond donors (Lipinski definition) is 1. The predicted molar refractivity (Wildman–Crippen MR) is 120 cm³/mol. The first-order chi connectivity index (χ1) is 15.0. The number of anilines is 1. The van der Waals surface area contributed by atoms with Gasteiger partial charge in [-0.3, -0.25) is 4.72 Å². The molecular formula is C22H18Cl2F3NO3S. The van der Waals surface area contributed by atoms with Crippen LogP contribution in [0.5, 0.6) is 0 Å². The molecule has 1 N–H and O–H groups in total. The van der Waals surface area contributed by atoms with Crippen molar-refractivity contribution in [2.24, 2.45) is 0 Å². The molecule has 0 aliphatic heterocycles. The van der Waals surface area contributed by atoms with E-state index in [4.69, 9.17) is 27.9 Å². The quantitative estimate of drug-likeness (QED) is 0.348. The van der Waals surface area contributed by atoms with Gasteiger partial charge in [0.05, 0.1) is 13.2 Å². The van der Waals surface area contributed by atoms with E-state index in [2.05, 4.69) is 0 Å². The summed E-state index contributed by atoms with van der Waals surface area (Å²) >= 11 is 12.1. The summed E-state index contributed by atoms with van der Waals surface area (Å²) in [5, 5.41) is 1.10. The number of nitrogens with one attached hydrogen (secondary N) is 1. The largest absolute Gasteiger partial charge is 0.516 e. The van der Waals surface area contributed by atoms with Crippen LogP contribution >= 0.6 is 23.2 Å². The lowest BCUT2D eigenvalue weighted by Crippen LogP contribution is -2.29. The minimum absolute atomic E-state index is 0.156. The molecule has 4 nitrogen and oxygen atoms in total. The fourth-order valence-electron chi connectivity index (χ4n) is 2.90. The van der Waals surface area contributed by atoms with Crippen molar-refractivity contribution in [1.29, 1.82) is 0 Å². The Morgan fingerprint density at radius 3 is 2.12 bits per heavy atom. The number of benzene rings is 3. The third kappa shape index (κ3) is 6.62. The van der Waals surface area contributed by atoms with E-state index in [0.29, 0.717) is 35.2 Å². The summed E-state index contributed by atoms with van der Waals surface area (Å²) in [5.74, 6) is 0. The molecule has 0 atom stereocenters. The van der Waals surface area contributed by atoms with Crippen LogP contribution in [0.1, 0.15) is 11.1 Å². The Hall–Kier alpha value is -2.26. The van der Waals surface area contributed by atoms with Gasteiger partial charge in [0.25, 0.3) is 0 Å². The van der Waals surface area contributed by atoms with Crippen molar-refractivity contribution >= 4 is 38.9 Å². The monoisotopic (exact) mass is 503 g/mol. The molecule has 0 heterocycles. The Labute approximate surface area is 194 Å².